The van der Waals surface area contributed by atoms with Crippen molar-refractivity contribution in [3.8, 4) is 41.2 Å². The molecule has 2 aromatic carbocycles. The molecule has 2 saturated heterocycles. The summed E-state index contributed by atoms with van der Waals surface area (Å²) >= 11 is 0. The van der Waals surface area contributed by atoms with E-state index < -0.39 is 35.8 Å². The number of carbonyl (C=O) groups excluding carboxylic acids is 1. The van der Waals surface area contributed by atoms with Crippen LogP contribution in [0.5, 0.6) is 17.6 Å². The van der Waals surface area contributed by atoms with Crippen LogP contribution in [0.25, 0.3) is 32.9 Å². The van der Waals surface area contributed by atoms with Crippen LogP contribution < -0.4 is 14.4 Å². The van der Waals surface area contributed by atoms with Gasteiger partial charge in [-0.2, -0.15) is 23.1 Å². The summed E-state index contributed by atoms with van der Waals surface area (Å²) in [7, 11) is 1.30. The second-order valence-electron chi connectivity index (χ2n) is 14.9. The smallest absolute Gasteiger partial charge is 0.471 e. The molecule has 2 unspecified atom stereocenters. The quantitative estimate of drug-likeness (QED) is 0.144. The van der Waals surface area contributed by atoms with E-state index in [1.165, 1.54) is 43.9 Å². The molecule has 0 radical (unpaired) electrons. The third kappa shape index (κ3) is 5.65. The highest BCUT2D eigenvalue weighted by atomic mass is 19.4. The Bertz CT molecular complexity index is 2260. The minimum atomic E-state index is -5.06. The molecule has 2 saturated carbocycles. The van der Waals surface area contributed by atoms with Crippen molar-refractivity contribution in [1.82, 2.24) is 24.8 Å². The number of benzene rings is 2. The number of hydrogen-bond acceptors (Lipinski definition) is 9. The number of piperidine rings is 1. The summed E-state index contributed by atoms with van der Waals surface area (Å²) in [6.45, 7) is 3.06. The number of terminal acetylenes is 1. The van der Waals surface area contributed by atoms with E-state index in [0.717, 1.165) is 55.3 Å². The minimum absolute atomic E-state index is 0.0151. The van der Waals surface area contributed by atoms with Gasteiger partial charge in [0.15, 0.2) is 5.82 Å². The molecule has 3 aliphatic heterocycles. The molecule has 2 aromatic heterocycles. The number of anilines is 1. The molecule has 5 heterocycles. The molecule has 274 valence electrons. The maximum atomic E-state index is 17.2. The molecule has 4 atom stereocenters. The molecular formula is C38H33F5N6O4. The number of ether oxygens (including phenoxy) is 2. The molecule has 2 aliphatic carbocycles. The highest BCUT2D eigenvalue weighted by Gasteiger charge is 2.52. The summed E-state index contributed by atoms with van der Waals surface area (Å²) in [4.78, 5) is 31.0. The summed E-state index contributed by atoms with van der Waals surface area (Å²) in [6.07, 6.45) is 6.88. The molecule has 4 fully saturated rings. The van der Waals surface area contributed by atoms with E-state index in [0.29, 0.717) is 5.39 Å². The fourth-order valence-corrected chi connectivity index (χ4v) is 8.45. The third-order valence-corrected chi connectivity index (χ3v) is 11.3. The molecule has 2 bridgehead atoms. The fourth-order valence-electron chi connectivity index (χ4n) is 8.45. The van der Waals surface area contributed by atoms with E-state index in [2.05, 4.69) is 20.8 Å². The fraction of sp³-hybridized carbons (Fsp3) is 0.421. The van der Waals surface area contributed by atoms with Gasteiger partial charge < -0.3 is 29.3 Å². The lowest BCUT2D eigenvalue weighted by molar-refractivity contribution is -0.188. The van der Waals surface area contributed by atoms with E-state index in [1.54, 1.807) is 4.90 Å². The monoisotopic (exact) mass is 732 g/mol. The van der Waals surface area contributed by atoms with E-state index in [9.17, 15) is 27.5 Å². The predicted octanol–water partition coefficient (Wildman–Crippen LogP) is 5.45. The van der Waals surface area contributed by atoms with E-state index >= 15 is 4.39 Å². The highest BCUT2D eigenvalue weighted by Crippen LogP contribution is 2.51. The summed E-state index contributed by atoms with van der Waals surface area (Å²) < 4.78 is 84.7. The second kappa shape index (κ2) is 11.9. The lowest BCUT2D eigenvalue weighted by atomic mass is 9.95. The Morgan fingerprint density at radius 2 is 1.75 bits per heavy atom. The maximum Gasteiger partial charge on any atom is 0.471 e. The standard InChI is InChI=1S/C38H33F5N6O4/c1-3-25-27(39)7-4-19-11-24(50)12-26(28(19)25)31-30(40)32-29(34(44-31)52-2)33(48-15-22-5-6-23(16-48)49(22)35(51)38(41,42)43)46-36(45-32)53-18-37(8-9-37)17-47-13-20-10-21(20)14-47/h1,4-7,11-12,20-23,50H,8-10,13-18H2,2H3/t20?,21?,22-,23+. The normalized spacial score (nSPS) is 24.1. The van der Waals surface area contributed by atoms with Gasteiger partial charge in [-0.3, -0.25) is 4.79 Å². The van der Waals surface area contributed by atoms with Gasteiger partial charge in [0.05, 0.1) is 31.4 Å². The zero-order chi connectivity index (χ0) is 37.0. The average molecular weight is 733 g/mol. The number of aromatic hydroxyl groups is 1. The van der Waals surface area contributed by atoms with Crippen molar-refractivity contribution in [3.63, 3.8) is 0 Å². The van der Waals surface area contributed by atoms with Crippen LogP contribution >= 0.6 is 0 Å². The molecule has 5 aliphatic rings. The van der Waals surface area contributed by atoms with Crippen molar-refractivity contribution in [1.29, 1.82) is 0 Å². The number of aromatic nitrogens is 3. The number of hydrogen-bond donors (Lipinski definition) is 1. The number of amides is 1. The first kappa shape index (κ1) is 33.6. The number of phenols is 1. The van der Waals surface area contributed by atoms with Crippen LogP contribution in [0.15, 0.2) is 36.4 Å². The van der Waals surface area contributed by atoms with Crippen LogP contribution in [0.2, 0.25) is 0 Å². The van der Waals surface area contributed by atoms with Crippen LogP contribution in [0.1, 0.15) is 24.8 Å². The number of methoxy groups -OCH3 is 1. The molecule has 9 rings (SSSR count). The average Bonchev–Trinajstić information content (AvgIpc) is 4.01. The van der Waals surface area contributed by atoms with Crippen molar-refractivity contribution in [2.75, 3.05) is 51.3 Å². The van der Waals surface area contributed by atoms with Crippen molar-refractivity contribution in [3.05, 3.63) is 53.6 Å². The SMILES string of the molecule is C#Cc1c(F)ccc2cc(O)cc(-c3nc(OC)c4c(N5C[C@H]6C=C[C@@H](C5)N6C(=O)C(F)(F)F)nc(OCC5(CN6CC7CC7C6)CC5)nc4c3F)c12. The van der Waals surface area contributed by atoms with E-state index in [-0.39, 0.29) is 81.7 Å². The predicted molar refractivity (Wildman–Crippen MR) is 183 cm³/mol. The Kier molecular flexibility index (Phi) is 7.54. The summed E-state index contributed by atoms with van der Waals surface area (Å²) in [5, 5.41) is 11.1. The topological polar surface area (TPSA) is 104 Å². The summed E-state index contributed by atoms with van der Waals surface area (Å²) in [6, 6.07) is 3.09. The number of likely N-dealkylation sites (tertiary alicyclic amines) is 1. The lowest BCUT2D eigenvalue weighted by Gasteiger charge is -2.42. The highest BCUT2D eigenvalue weighted by molar-refractivity contribution is 6.04. The van der Waals surface area contributed by atoms with Crippen molar-refractivity contribution >= 4 is 33.4 Å². The number of halogens is 5. The minimum Gasteiger partial charge on any atom is -0.508 e. The van der Waals surface area contributed by atoms with E-state index in [4.69, 9.17) is 20.9 Å². The Labute approximate surface area is 300 Å². The van der Waals surface area contributed by atoms with Crippen LogP contribution in [0, 0.1) is 41.2 Å². The number of pyridine rings is 1. The Hall–Kier alpha value is -5.23. The van der Waals surface area contributed by atoms with Gasteiger partial charge in [-0.1, -0.05) is 24.1 Å². The first-order valence-corrected chi connectivity index (χ1v) is 17.4. The summed E-state index contributed by atoms with van der Waals surface area (Å²) in [5.74, 6) is -0.0985. The molecule has 53 heavy (non-hydrogen) atoms. The first-order valence-electron chi connectivity index (χ1n) is 17.4. The molecule has 10 nitrogen and oxygen atoms in total. The Balaban J connectivity index is 1.16. The Morgan fingerprint density at radius 1 is 1.04 bits per heavy atom. The van der Waals surface area contributed by atoms with Crippen LogP contribution in [0.3, 0.4) is 0 Å². The summed E-state index contributed by atoms with van der Waals surface area (Å²) in [5.41, 5.74) is -0.918. The molecule has 15 heteroatoms. The number of rotatable bonds is 8. The maximum absolute atomic E-state index is 17.2. The number of carbonyl (C=O) groups is 1. The van der Waals surface area contributed by atoms with Gasteiger partial charge in [0.1, 0.15) is 34.0 Å². The van der Waals surface area contributed by atoms with Crippen LogP contribution in [-0.4, -0.2) is 100 Å². The molecular weight excluding hydrogens is 699 g/mol. The molecule has 1 N–H and O–H groups in total. The van der Waals surface area contributed by atoms with Gasteiger partial charge >= 0.3 is 18.1 Å². The second-order valence-corrected chi connectivity index (χ2v) is 14.9. The number of phenolic OH excluding ortho intramolecular Hbond substituents is 1. The van der Waals surface area contributed by atoms with Crippen LogP contribution in [-0.2, 0) is 4.79 Å². The molecule has 4 aromatic rings. The zero-order valence-electron chi connectivity index (χ0n) is 28.5. The van der Waals surface area contributed by atoms with Gasteiger partial charge in [0, 0.05) is 49.1 Å². The van der Waals surface area contributed by atoms with Crippen molar-refractivity contribution in [2.45, 2.75) is 37.5 Å². The largest absolute Gasteiger partial charge is 0.508 e. The van der Waals surface area contributed by atoms with Crippen LogP contribution in [0.4, 0.5) is 27.8 Å². The van der Waals surface area contributed by atoms with Gasteiger partial charge in [-0.05, 0) is 54.7 Å². The lowest BCUT2D eigenvalue weighted by Crippen LogP contribution is -2.59. The number of alkyl halides is 3. The molecule has 0 spiro atoms. The first-order chi connectivity index (χ1) is 25.4. The van der Waals surface area contributed by atoms with Gasteiger partial charge in [0.2, 0.25) is 5.88 Å². The van der Waals surface area contributed by atoms with Crippen molar-refractivity contribution < 1.29 is 41.3 Å². The zero-order valence-corrected chi connectivity index (χ0v) is 28.5. The van der Waals surface area contributed by atoms with E-state index in [1.807, 2.05) is 0 Å². The Morgan fingerprint density at radius 3 is 2.40 bits per heavy atom. The van der Waals surface area contributed by atoms with Crippen molar-refractivity contribution in [2.24, 2.45) is 17.3 Å². The van der Waals surface area contributed by atoms with Gasteiger partial charge in [0.25, 0.3) is 0 Å². The van der Waals surface area contributed by atoms with Gasteiger partial charge in [-0.15, -0.1) is 6.42 Å². The third-order valence-electron chi connectivity index (χ3n) is 11.3. The number of nitrogens with zero attached hydrogens (tertiary/aromatic N) is 6. The van der Waals surface area contributed by atoms with Gasteiger partial charge in [-0.25, -0.2) is 13.8 Å². The molecule has 1 amide bonds. The number of fused-ring (bicyclic) bond motifs is 5. The number of piperazine rings is 1.